The van der Waals surface area contributed by atoms with Crippen LogP contribution in [0.3, 0.4) is 0 Å². The average molecular weight is 265 g/mol. The number of aryl methyl sites for hydroxylation is 1. The lowest BCUT2D eigenvalue weighted by molar-refractivity contribution is 0.492. The van der Waals surface area contributed by atoms with Crippen LogP contribution in [-0.2, 0) is 6.42 Å². The molecule has 0 aromatic heterocycles. The Bertz CT molecular complexity index is 407. The molecule has 0 radical (unpaired) electrons. The minimum atomic E-state index is -1.73. The standard InChI is InChI=1S/C15H27NOSi/c1-8-12-11-13(9-10-14(12)16-5)17-18(6,7)15(2,3)4/h9-11,16H,8H2,1-7H3. The molecule has 0 fully saturated rings. The minimum absolute atomic E-state index is 0.237. The minimum Gasteiger partial charge on any atom is -0.543 e. The molecule has 0 atom stereocenters. The molecule has 1 aromatic carbocycles. The van der Waals surface area contributed by atoms with Gasteiger partial charge in [0.05, 0.1) is 0 Å². The van der Waals surface area contributed by atoms with Crippen molar-refractivity contribution >= 4 is 14.0 Å². The molecule has 0 saturated heterocycles. The molecule has 1 aromatic rings. The van der Waals surface area contributed by atoms with Crippen molar-refractivity contribution in [2.75, 3.05) is 12.4 Å². The van der Waals surface area contributed by atoms with Gasteiger partial charge in [0.2, 0.25) is 8.32 Å². The van der Waals surface area contributed by atoms with Gasteiger partial charge in [0.15, 0.2) is 0 Å². The Kier molecular flexibility index (Phi) is 4.49. The van der Waals surface area contributed by atoms with Gasteiger partial charge in [-0.1, -0.05) is 27.7 Å². The summed E-state index contributed by atoms with van der Waals surface area (Å²) in [7, 11) is 0.232. The summed E-state index contributed by atoms with van der Waals surface area (Å²) in [4.78, 5) is 0. The van der Waals surface area contributed by atoms with Crippen LogP contribution in [0.5, 0.6) is 5.75 Å². The van der Waals surface area contributed by atoms with E-state index in [1.165, 1.54) is 11.3 Å². The van der Waals surface area contributed by atoms with Gasteiger partial charge in [0.25, 0.3) is 0 Å². The van der Waals surface area contributed by atoms with Crippen molar-refractivity contribution in [1.29, 1.82) is 0 Å². The van der Waals surface area contributed by atoms with Gasteiger partial charge in [-0.3, -0.25) is 0 Å². The van der Waals surface area contributed by atoms with E-state index in [4.69, 9.17) is 4.43 Å². The van der Waals surface area contributed by atoms with E-state index in [9.17, 15) is 0 Å². The normalized spacial score (nSPS) is 12.4. The first-order valence-electron chi connectivity index (χ1n) is 6.71. The molecule has 102 valence electrons. The van der Waals surface area contributed by atoms with Gasteiger partial charge in [0, 0.05) is 12.7 Å². The van der Waals surface area contributed by atoms with Crippen LogP contribution >= 0.6 is 0 Å². The van der Waals surface area contributed by atoms with Crippen molar-refractivity contribution in [1.82, 2.24) is 0 Å². The zero-order valence-corrected chi connectivity index (χ0v) is 13.8. The third kappa shape index (κ3) is 3.28. The van der Waals surface area contributed by atoms with Crippen LogP contribution in [0, 0.1) is 0 Å². The maximum atomic E-state index is 6.32. The van der Waals surface area contributed by atoms with Crippen LogP contribution in [0.4, 0.5) is 5.69 Å². The zero-order valence-electron chi connectivity index (χ0n) is 12.8. The summed E-state index contributed by atoms with van der Waals surface area (Å²) in [6, 6.07) is 6.36. The summed E-state index contributed by atoms with van der Waals surface area (Å²) in [6.45, 7) is 13.5. The van der Waals surface area contributed by atoms with Gasteiger partial charge < -0.3 is 9.74 Å². The van der Waals surface area contributed by atoms with E-state index in [-0.39, 0.29) is 5.04 Å². The second-order valence-corrected chi connectivity index (χ2v) is 11.0. The smallest absolute Gasteiger partial charge is 0.250 e. The van der Waals surface area contributed by atoms with Crippen molar-refractivity contribution < 1.29 is 4.43 Å². The second kappa shape index (κ2) is 5.35. The maximum absolute atomic E-state index is 6.32. The maximum Gasteiger partial charge on any atom is 0.250 e. The van der Waals surface area contributed by atoms with E-state index in [1.54, 1.807) is 0 Å². The average Bonchev–Trinajstić information content (AvgIpc) is 2.26. The molecule has 0 aliphatic carbocycles. The highest BCUT2D eigenvalue weighted by molar-refractivity contribution is 6.74. The second-order valence-electron chi connectivity index (χ2n) is 6.28. The molecule has 0 heterocycles. The number of nitrogens with one attached hydrogen (secondary N) is 1. The Balaban J connectivity index is 2.99. The molecular weight excluding hydrogens is 238 g/mol. The molecule has 3 heteroatoms. The van der Waals surface area contributed by atoms with Crippen LogP contribution in [0.15, 0.2) is 18.2 Å². The molecule has 0 unspecified atom stereocenters. The topological polar surface area (TPSA) is 21.3 Å². The summed E-state index contributed by atoms with van der Waals surface area (Å²) in [6.07, 6.45) is 1.02. The van der Waals surface area contributed by atoms with Crippen molar-refractivity contribution in [3.05, 3.63) is 23.8 Å². The Morgan fingerprint density at radius 1 is 1.22 bits per heavy atom. The Labute approximate surface area is 113 Å². The molecule has 18 heavy (non-hydrogen) atoms. The largest absolute Gasteiger partial charge is 0.543 e. The van der Waals surface area contributed by atoms with E-state index >= 15 is 0 Å². The van der Waals surface area contributed by atoms with Crippen LogP contribution < -0.4 is 9.74 Å². The molecule has 0 bridgehead atoms. The number of anilines is 1. The Morgan fingerprint density at radius 2 is 1.83 bits per heavy atom. The highest BCUT2D eigenvalue weighted by Crippen LogP contribution is 2.37. The molecule has 0 aliphatic rings. The monoisotopic (exact) mass is 265 g/mol. The summed E-state index contributed by atoms with van der Waals surface area (Å²) in [5, 5.41) is 3.46. The lowest BCUT2D eigenvalue weighted by atomic mass is 10.1. The summed E-state index contributed by atoms with van der Waals surface area (Å²) < 4.78 is 6.32. The van der Waals surface area contributed by atoms with E-state index in [0.29, 0.717) is 0 Å². The SMILES string of the molecule is CCc1cc(O[Si](C)(C)C(C)(C)C)ccc1NC. The first kappa shape index (κ1) is 15.1. The third-order valence-electron chi connectivity index (χ3n) is 3.91. The van der Waals surface area contributed by atoms with E-state index in [0.717, 1.165) is 12.2 Å². The van der Waals surface area contributed by atoms with Crippen molar-refractivity contribution in [2.24, 2.45) is 0 Å². The lowest BCUT2D eigenvalue weighted by Gasteiger charge is -2.36. The van der Waals surface area contributed by atoms with Crippen molar-refractivity contribution in [2.45, 2.75) is 52.2 Å². The fourth-order valence-corrected chi connectivity index (χ4v) is 2.64. The summed E-state index contributed by atoms with van der Waals surface area (Å²) >= 11 is 0. The molecule has 1 N–H and O–H groups in total. The summed E-state index contributed by atoms with van der Waals surface area (Å²) in [5.41, 5.74) is 2.51. The predicted octanol–water partition coefficient (Wildman–Crippen LogP) is 4.67. The lowest BCUT2D eigenvalue weighted by Crippen LogP contribution is -2.43. The number of rotatable bonds is 4. The predicted molar refractivity (Wildman–Crippen MR) is 83.2 cm³/mol. The van der Waals surface area contributed by atoms with E-state index < -0.39 is 8.32 Å². The first-order chi connectivity index (χ1) is 8.21. The zero-order chi connectivity index (χ0) is 14.0. The van der Waals surface area contributed by atoms with Gasteiger partial charge in [0.1, 0.15) is 5.75 Å². The Morgan fingerprint density at radius 3 is 2.28 bits per heavy atom. The molecule has 0 saturated carbocycles. The molecule has 2 nitrogen and oxygen atoms in total. The van der Waals surface area contributed by atoms with E-state index in [1.807, 2.05) is 7.05 Å². The first-order valence-corrected chi connectivity index (χ1v) is 9.62. The van der Waals surface area contributed by atoms with Crippen molar-refractivity contribution in [3.8, 4) is 5.75 Å². The van der Waals surface area contributed by atoms with Crippen LogP contribution in [0.25, 0.3) is 0 Å². The fourth-order valence-electron chi connectivity index (χ4n) is 1.62. The summed E-state index contributed by atoms with van der Waals surface area (Å²) in [5.74, 6) is 1.01. The molecule has 0 spiro atoms. The molecule has 0 amide bonds. The number of hydrogen-bond donors (Lipinski definition) is 1. The molecular formula is C15H27NOSi. The van der Waals surface area contributed by atoms with Gasteiger partial charge in [-0.05, 0) is 48.3 Å². The van der Waals surface area contributed by atoms with Gasteiger partial charge in [-0.25, -0.2) is 0 Å². The third-order valence-corrected chi connectivity index (χ3v) is 8.26. The van der Waals surface area contributed by atoms with Crippen molar-refractivity contribution in [3.63, 3.8) is 0 Å². The Hall–Kier alpha value is -0.963. The van der Waals surface area contributed by atoms with Gasteiger partial charge >= 0.3 is 0 Å². The quantitative estimate of drug-likeness (QED) is 0.798. The fraction of sp³-hybridized carbons (Fsp3) is 0.600. The van der Waals surface area contributed by atoms with Crippen LogP contribution in [0.1, 0.15) is 33.3 Å². The van der Waals surface area contributed by atoms with Crippen LogP contribution in [0.2, 0.25) is 18.1 Å². The highest BCUT2D eigenvalue weighted by atomic mass is 28.4. The molecule has 1 rings (SSSR count). The number of hydrogen-bond acceptors (Lipinski definition) is 2. The van der Waals surface area contributed by atoms with Gasteiger partial charge in [-0.2, -0.15) is 0 Å². The number of benzene rings is 1. The van der Waals surface area contributed by atoms with Gasteiger partial charge in [-0.15, -0.1) is 0 Å². The molecule has 0 aliphatic heterocycles. The van der Waals surface area contributed by atoms with E-state index in [2.05, 4.69) is 64.3 Å². The highest BCUT2D eigenvalue weighted by Gasteiger charge is 2.38. The van der Waals surface area contributed by atoms with Crippen LogP contribution in [-0.4, -0.2) is 15.4 Å².